The Morgan fingerprint density at radius 3 is 3.00 bits per heavy atom. The predicted octanol–water partition coefficient (Wildman–Crippen LogP) is 1.52. The van der Waals surface area contributed by atoms with Crippen LogP contribution in [-0.2, 0) is 4.79 Å². The molecule has 0 radical (unpaired) electrons. The van der Waals surface area contributed by atoms with Crippen LogP contribution < -0.4 is 10.6 Å². The van der Waals surface area contributed by atoms with Gasteiger partial charge in [-0.15, -0.1) is 0 Å². The van der Waals surface area contributed by atoms with Crippen molar-refractivity contribution in [2.24, 2.45) is 5.92 Å². The van der Waals surface area contributed by atoms with Crippen molar-refractivity contribution in [2.75, 3.05) is 10.6 Å². The third kappa shape index (κ3) is 1.48. The lowest BCUT2D eigenvalue weighted by Crippen LogP contribution is -2.25. The van der Waals surface area contributed by atoms with Gasteiger partial charge in [0.05, 0.1) is 0 Å². The first kappa shape index (κ1) is 8.76. The molecule has 0 saturated heterocycles. The van der Waals surface area contributed by atoms with Crippen molar-refractivity contribution < 1.29 is 9.32 Å². The SMILES string of the molecule is Cc1onc2c1NC(=O)CC(C1CC1)N2. The molecule has 1 saturated carbocycles. The van der Waals surface area contributed by atoms with E-state index in [4.69, 9.17) is 4.52 Å². The number of nitrogens with one attached hydrogen (secondary N) is 2. The number of hydrogen-bond donors (Lipinski definition) is 2. The van der Waals surface area contributed by atoms with Gasteiger partial charge >= 0.3 is 0 Å². The fraction of sp³-hybridized carbons (Fsp3) is 0.600. The summed E-state index contributed by atoms with van der Waals surface area (Å²) in [5.41, 5.74) is 0.697. The zero-order valence-electron chi connectivity index (χ0n) is 8.54. The number of aromatic nitrogens is 1. The maximum absolute atomic E-state index is 11.6. The van der Waals surface area contributed by atoms with Gasteiger partial charge < -0.3 is 15.2 Å². The number of amides is 1. The molecule has 1 unspecified atom stereocenters. The first-order valence-corrected chi connectivity index (χ1v) is 5.26. The third-order valence-corrected chi connectivity index (χ3v) is 3.05. The maximum Gasteiger partial charge on any atom is 0.226 e. The first-order chi connectivity index (χ1) is 7.24. The van der Waals surface area contributed by atoms with Crippen LogP contribution in [0.2, 0.25) is 0 Å². The molecule has 1 aromatic rings. The summed E-state index contributed by atoms with van der Waals surface area (Å²) < 4.78 is 5.04. The molecule has 2 aliphatic rings. The van der Waals surface area contributed by atoms with Crippen LogP contribution in [0.25, 0.3) is 0 Å². The molecule has 2 heterocycles. The third-order valence-electron chi connectivity index (χ3n) is 3.05. The van der Waals surface area contributed by atoms with Gasteiger partial charge in [0.25, 0.3) is 0 Å². The van der Waals surface area contributed by atoms with Gasteiger partial charge in [0.2, 0.25) is 5.91 Å². The molecular formula is C10H13N3O2. The molecule has 1 aliphatic carbocycles. The van der Waals surface area contributed by atoms with Crippen molar-refractivity contribution in [3.8, 4) is 0 Å². The highest BCUT2D eigenvalue weighted by Gasteiger charge is 2.36. The average Bonchev–Trinajstić information content (AvgIpc) is 2.97. The van der Waals surface area contributed by atoms with Crippen LogP contribution >= 0.6 is 0 Å². The smallest absolute Gasteiger partial charge is 0.226 e. The maximum atomic E-state index is 11.6. The summed E-state index contributed by atoms with van der Waals surface area (Å²) in [6.45, 7) is 1.80. The van der Waals surface area contributed by atoms with Crippen LogP contribution in [0.5, 0.6) is 0 Å². The standard InChI is InChI=1S/C10H13N3O2/c1-5-9-10(13-15-5)11-7(6-2-3-6)4-8(14)12-9/h6-7H,2-4H2,1H3,(H,11,13)(H,12,14). The van der Waals surface area contributed by atoms with E-state index in [0.717, 1.165) is 0 Å². The summed E-state index contributed by atoms with van der Waals surface area (Å²) >= 11 is 0. The van der Waals surface area contributed by atoms with Crippen LogP contribution in [0.15, 0.2) is 4.52 Å². The van der Waals surface area contributed by atoms with E-state index in [1.807, 2.05) is 0 Å². The van der Waals surface area contributed by atoms with E-state index in [1.165, 1.54) is 12.8 Å². The Kier molecular flexibility index (Phi) is 1.74. The highest BCUT2D eigenvalue weighted by atomic mass is 16.5. The molecule has 5 heteroatoms. The lowest BCUT2D eigenvalue weighted by Gasteiger charge is -2.12. The Labute approximate surface area is 87.2 Å². The van der Waals surface area contributed by atoms with Gasteiger partial charge in [0.1, 0.15) is 5.69 Å². The lowest BCUT2D eigenvalue weighted by atomic mass is 10.1. The van der Waals surface area contributed by atoms with Crippen LogP contribution in [0, 0.1) is 12.8 Å². The Bertz CT molecular complexity index is 409. The van der Waals surface area contributed by atoms with Gasteiger partial charge in [-0.25, -0.2) is 0 Å². The number of fused-ring (bicyclic) bond motifs is 1. The Hall–Kier alpha value is -1.52. The molecule has 5 nitrogen and oxygen atoms in total. The molecule has 80 valence electrons. The van der Waals surface area contributed by atoms with E-state index in [1.54, 1.807) is 6.92 Å². The first-order valence-electron chi connectivity index (χ1n) is 5.26. The molecular weight excluding hydrogens is 194 g/mol. The van der Waals surface area contributed by atoms with Crippen molar-refractivity contribution in [3.63, 3.8) is 0 Å². The Morgan fingerprint density at radius 2 is 2.27 bits per heavy atom. The quantitative estimate of drug-likeness (QED) is 0.732. The topological polar surface area (TPSA) is 67.2 Å². The number of rotatable bonds is 1. The summed E-state index contributed by atoms with van der Waals surface area (Å²) in [5.74, 6) is 2.00. The van der Waals surface area contributed by atoms with Crippen molar-refractivity contribution in [1.29, 1.82) is 0 Å². The summed E-state index contributed by atoms with van der Waals surface area (Å²) in [7, 11) is 0. The molecule has 1 fully saturated rings. The molecule has 1 aliphatic heterocycles. The van der Waals surface area contributed by atoms with Crippen molar-refractivity contribution in [3.05, 3.63) is 5.76 Å². The van der Waals surface area contributed by atoms with Gasteiger partial charge in [-0.3, -0.25) is 4.79 Å². The minimum Gasteiger partial charge on any atom is -0.362 e. The van der Waals surface area contributed by atoms with Crippen molar-refractivity contribution in [2.45, 2.75) is 32.2 Å². The monoisotopic (exact) mass is 207 g/mol. The van der Waals surface area contributed by atoms with Gasteiger partial charge in [-0.1, -0.05) is 5.16 Å². The molecule has 1 aromatic heterocycles. The lowest BCUT2D eigenvalue weighted by molar-refractivity contribution is -0.116. The van der Waals surface area contributed by atoms with E-state index >= 15 is 0 Å². The minimum atomic E-state index is 0.0458. The van der Waals surface area contributed by atoms with Crippen LogP contribution in [0.3, 0.4) is 0 Å². The molecule has 3 rings (SSSR count). The van der Waals surface area contributed by atoms with Gasteiger partial charge in [0.15, 0.2) is 11.6 Å². The van der Waals surface area contributed by atoms with Crippen LogP contribution in [-0.4, -0.2) is 17.1 Å². The zero-order valence-corrected chi connectivity index (χ0v) is 8.54. The summed E-state index contributed by atoms with van der Waals surface area (Å²) in [5, 5.41) is 10.0. The van der Waals surface area contributed by atoms with E-state index in [2.05, 4.69) is 15.8 Å². The summed E-state index contributed by atoms with van der Waals surface area (Å²) in [4.78, 5) is 11.6. The van der Waals surface area contributed by atoms with Crippen molar-refractivity contribution >= 4 is 17.4 Å². The molecule has 0 bridgehead atoms. The average molecular weight is 207 g/mol. The molecule has 15 heavy (non-hydrogen) atoms. The Balaban J connectivity index is 1.93. The second-order valence-corrected chi connectivity index (χ2v) is 4.30. The zero-order chi connectivity index (χ0) is 10.4. The number of anilines is 2. The predicted molar refractivity (Wildman–Crippen MR) is 54.6 cm³/mol. The molecule has 0 aromatic carbocycles. The number of nitrogens with zero attached hydrogens (tertiary/aromatic N) is 1. The van der Waals surface area contributed by atoms with Crippen LogP contribution in [0.4, 0.5) is 11.5 Å². The molecule has 1 atom stereocenters. The fourth-order valence-electron chi connectivity index (χ4n) is 2.02. The Morgan fingerprint density at radius 1 is 1.47 bits per heavy atom. The number of carbonyl (C=O) groups is 1. The van der Waals surface area contributed by atoms with Crippen molar-refractivity contribution in [1.82, 2.24) is 5.16 Å². The van der Waals surface area contributed by atoms with Gasteiger partial charge in [0, 0.05) is 12.5 Å². The van der Waals surface area contributed by atoms with E-state index < -0.39 is 0 Å². The van der Waals surface area contributed by atoms with Gasteiger partial charge in [-0.2, -0.15) is 0 Å². The normalized spacial score (nSPS) is 25.1. The van der Waals surface area contributed by atoms with E-state index in [9.17, 15) is 4.79 Å². The second kappa shape index (κ2) is 2.98. The minimum absolute atomic E-state index is 0.0458. The fourth-order valence-corrected chi connectivity index (χ4v) is 2.02. The molecule has 1 amide bonds. The number of aryl methyl sites for hydroxylation is 1. The molecule has 0 spiro atoms. The summed E-state index contributed by atoms with van der Waals surface area (Å²) in [6, 6.07) is 0.218. The summed E-state index contributed by atoms with van der Waals surface area (Å²) in [6.07, 6.45) is 2.94. The van der Waals surface area contributed by atoms with E-state index in [-0.39, 0.29) is 11.9 Å². The van der Waals surface area contributed by atoms with E-state index in [0.29, 0.717) is 29.6 Å². The highest BCUT2D eigenvalue weighted by molar-refractivity contribution is 5.96. The van der Waals surface area contributed by atoms with Crippen LogP contribution in [0.1, 0.15) is 25.0 Å². The second-order valence-electron chi connectivity index (χ2n) is 4.30. The van der Waals surface area contributed by atoms with Gasteiger partial charge in [-0.05, 0) is 25.7 Å². The number of hydrogen-bond acceptors (Lipinski definition) is 4. The molecule has 2 N–H and O–H groups in total. The highest BCUT2D eigenvalue weighted by Crippen LogP contribution is 2.38. The number of carbonyl (C=O) groups excluding carboxylic acids is 1. The largest absolute Gasteiger partial charge is 0.362 e.